The maximum atomic E-state index is 11.0. The second-order valence-corrected chi connectivity index (χ2v) is 6.55. The Morgan fingerprint density at radius 3 is 2.50 bits per heavy atom. The van der Waals surface area contributed by atoms with Crippen molar-refractivity contribution in [2.75, 3.05) is 18.1 Å². The van der Waals surface area contributed by atoms with Gasteiger partial charge in [0.05, 0.1) is 0 Å². The zero-order valence-corrected chi connectivity index (χ0v) is 13.1. The Labute approximate surface area is 125 Å². The predicted octanol–water partition coefficient (Wildman–Crippen LogP) is 3.52. The lowest BCUT2D eigenvalue weighted by Gasteiger charge is -2.22. The summed E-state index contributed by atoms with van der Waals surface area (Å²) in [5.41, 5.74) is 0.864. The standard InChI is InChI=1S/C16H24N2OS/c1-12(19)18-14-7-9-15(10-8-14)20-11-16(17-2)13-5-3-4-6-13/h7-10,13,16-17H,3-6,11H2,1-2H3,(H,18,19). The molecule has 1 saturated carbocycles. The SMILES string of the molecule is CNC(CSc1ccc(NC(C)=O)cc1)C1CCCC1. The third-order valence-electron chi connectivity index (χ3n) is 3.94. The molecular weight excluding hydrogens is 268 g/mol. The number of anilines is 1. The molecule has 0 heterocycles. The third kappa shape index (κ3) is 4.53. The Kier molecular flexibility index (Phi) is 5.92. The van der Waals surface area contributed by atoms with Crippen LogP contribution in [-0.2, 0) is 4.79 Å². The number of carbonyl (C=O) groups is 1. The minimum atomic E-state index is -0.0260. The van der Waals surface area contributed by atoms with Crippen molar-refractivity contribution in [2.45, 2.75) is 43.5 Å². The van der Waals surface area contributed by atoms with Crippen LogP contribution in [-0.4, -0.2) is 24.7 Å². The average Bonchev–Trinajstić information content (AvgIpc) is 2.95. The summed E-state index contributed by atoms with van der Waals surface area (Å²) < 4.78 is 0. The fourth-order valence-electron chi connectivity index (χ4n) is 2.84. The van der Waals surface area contributed by atoms with Crippen molar-refractivity contribution >= 4 is 23.4 Å². The van der Waals surface area contributed by atoms with E-state index in [0.29, 0.717) is 6.04 Å². The summed E-state index contributed by atoms with van der Waals surface area (Å²) in [6, 6.07) is 8.70. The molecule has 1 aliphatic carbocycles. The maximum absolute atomic E-state index is 11.0. The first-order valence-corrected chi connectivity index (χ1v) is 8.35. The zero-order valence-electron chi connectivity index (χ0n) is 12.3. The second-order valence-electron chi connectivity index (χ2n) is 5.46. The monoisotopic (exact) mass is 292 g/mol. The van der Waals surface area contributed by atoms with Gasteiger partial charge < -0.3 is 10.6 Å². The summed E-state index contributed by atoms with van der Waals surface area (Å²) >= 11 is 1.89. The number of thioether (sulfide) groups is 1. The van der Waals surface area contributed by atoms with Crippen LogP contribution in [0.4, 0.5) is 5.69 Å². The number of benzene rings is 1. The normalized spacial score (nSPS) is 17.1. The number of hydrogen-bond donors (Lipinski definition) is 2. The lowest BCUT2D eigenvalue weighted by molar-refractivity contribution is -0.114. The highest BCUT2D eigenvalue weighted by Gasteiger charge is 2.23. The molecule has 0 bridgehead atoms. The highest BCUT2D eigenvalue weighted by molar-refractivity contribution is 7.99. The molecule has 1 amide bonds. The molecule has 2 N–H and O–H groups in total. The Morgan fingerprint density at radius 1 is 1.30 bits per heavy atom. The van der Waals surface area contributed by atoms with Crippen LogP contribution in [0.1, 0.15) is 32.6 Å². The predicted molar refractivity (Wildman–Crippen MR) is 86.3 cm³/mol. The van der Waals surface area contributed by atoms with Gasteiger partial charge in [0.1, 0.15) is 0 Å². The van der Waals surface area contributed by atoms with E-state index in [0.717, 1.165) is 17.4 Å². The first kappa shape index (κ1) is 15.4. The van der Waals surface area contributed by atoms with E-state index in [1.807, 2.05) is 23.9 Å². The summed E-state index contributed by atoms with van der Waals surface area (Å²) in [7, 11) is 2.07. The number of rotatable bonds is 6. The van der Waals surface area contributed by atoms with Gasteiger partial charge in [-0.2, -0.15) is 0 Å². The van der Waals surface area contributed by atoms with Gasteiger partial charge in [-0.05, 0) is 50.1 Å². The van der Waals surface area contributed by atoms with Gasteiger partial charge in [0.2, 0.25) is 5.91 Å². The van der Waals surface area contributed by atoms with Crippen LogP contribution in [0.3, 0.4) is 0 Å². The van der Waals surface area contributed by atoms with Crippen LogP contribution in [0, 0.1) is 5.92 Å². The van der Waals surface area contributed by atoms with Crippen molar-refractivity contribution in [3.05, 3.63) is 24.3 Å². The van der Waals surface area contributed by atoms with E-state index in [9.17, 15) is 4.79 Å². The Hall–Kier alpha value is -1.00. The Balaban J connectivity index is 1.84. The molecule has 3 nitrogen and oxygen atoms in total. The molecule has 20 heavy (non-hydrogen) atoms. The van der Waals surface area contributed by atoms with Crippen LogP contribution in [0.2, 0.25) is 0 Å². The van der Waals surface area contributed by atoms with Gasteiger partial charge in [0, 0.05) is 29.3 Å². The fraction of sp³-hybridized carbons (Fsp3) is 0.562. The largest absolute Gasteiger partial charge is 0.326 e. The van der Waals surface area contributed by atoms with E-state index >= 15 is 0 Å². The van der Waals surface area contributed by atoms with Crippen molar-refractivity contribution < 1.29 is 4.79 Å². The first-order chi connectivity index (χ1) is 9.69. The third-order valence-corrected chi connectivity index (χ3v) is 5.08. The minimum Gasteiger partial charge on any atom is -0.326 e. The van der Waals surface area contributed by atoms with E-state index in [1.54, 1.807) is 0 Å². The first-order valence-electron chi connectivity index (χ1n) is 7.37. The molecule has 1 fully saturated rings. The van der Waals surface area contributed by atoms with E-state index in [2.05, 4.69) is 29.8 Å². The van der Waals surface area contributed by atoms with Gasteiger partial charge in [-0.3, -0.25) is 4.79 Å². The van der Waals surface area contributed by atoms with Gasteiger partial charge in [-0.1, -0.05) is 12.8 Å². The van der Waals surface area contributed by atoms with Gasteiger partial charge in [-0.25, -0.2) is 0 Å². The molecule has 1 aliphatic rings. The molecule has 4 heteroatoms. The number of carbonyl (C=O) groups excluding carboxylic acids is 1. The lowest BCUT2D eigenvalue weighted by atomic mass is 10.0. The quantitative estimate of drug-likeness (QED) is 0.788. The van der Waals surface area contributed by atoms with Gasteiger partial charge in [-0.15, -0.1) is 11.8 Å². The van der Waals surface area contributed by atoms with Crippen molar-refractivity contribution in [1.29, 1.82) is 0 Å². The van der Waals surface area contributed by atoms with E-state index in [-0.39, 0.29) is 5.91 Å². The summed E-state index contributed by atoms with van der Waals surface area (Å²) in [6.07, 6.45) is 5.51. The van der Waals surface area contributed by atoms with E-state index < -0.39 is 0 Å². The van der Waals surface area contributed by atoms with Crippen molar-refractivity contribution in [1.82, 2.24) is 5.32 Å². The summed E-state index contributed by atoms with van der Waals surface area (Å²) in [5, 5.41) is 6.27. The van der Waals surface area contributed by atoms with Crippen LogP contribution in [0.25, 0.3) is 0 Å². The number of hydrogen-bond acceptors (Lipinski definition) is 3. The second kappa shape index (κ2) is 7.70. The minimum absolute atomic E-state index is 0.0260. The molecule has 1 atom stereocenters. The molecule has 1 unspecified atom stereocenters. The highest BCUT2D eigenvalue weighted by Crippen LogP contribution is 2.30. The van der Waals surface area contributed by atoms with Crippen molar-refractivity contribution in [2.24, 2.45) is 5.92 Å². The van der Waals surface area contributed by atoms with Gasteiger partial charge in [0.25, 0.3) is 0 Å². The van der Waals surface area contributed by atoms with Crippen LogP contribution >= 0.6 is 11.8 Å². The molecular formula is C16H24N2OS. The van der Waals surface area contributed by atoms with Gasteiger partial charge >= 0.3 is 0 Å². The number of amides is 1. The molecule has 0 radical (unpaired) electrons. The molecule has 0 saturated heterocycles. The topological polar surface area (TPSA) is 41.1 Å². The molecule has 0 spiro atoms. The van der Waals surface area contributed by atoms with Gasteiger partial charge in [0.15, 0.2) is 0 Å². The molecule has 0 aromatic heterocycles. The van der Waals surface area contributed by atoms with E-state index in [1.165, 1.54) is 37.5 Å². The van der Waals surface area contributed by atoms with Crippen molar-refractivity contribution in [3.63, 3.8) is 0 Å². The summed E-state index contributed by atoms with van der Waals surface area (Å²) in [4.78, 5) is 12.2. The number of nitrogens with one attached hydrogen (secondary N) is 2. The Morgan fingerprint density at radius 2 is 1.95 bits per heavy atom. The maximum Gasteiger partial charge on any atom is 0.221 e. The fourth-order valence-corrected chi connectivity index (χ4v) is 3.98. The average molecular weight is 292 g/mol. The molecule has 2 rings (SSSR count). The van der Waals surface area contributed by atoms with Crippen LogP contribution in [0.5, 0.6) is 0 Å². The Bertz CT molecular complexity index is 427. The smallest absolute Gasteiger partial charge is 0.221 e. The van der Waals surface area contributed by atoms with Crippen molar-refractivity contribution in [3.8, 4) is 0 Å². The highest BCUT2D eigenvalue weighted by atomic mass is 32.2. The molecule has 1 aromatic rings. The van der Waals surface area contributed by atoms with E-state index in [4.69, 9.17) is 0 Å². The summed E-state index contributed by atoms with van der Waals surface area (Å²) in [6.45, 7) is 1.53. The molecule has 0 aliphatic heterocycles. The molecule has 110 valence electrons. The van der Waals surface area contributed by atoms with Crippen LogP contribution in [0.15, 0.2) is 29.2 Å². The lowest BCUT2D eigenvalue weighted by Crippen LogP contribution is -2.34. The van der Waals surface area contributed by atoms with Crippen LogP contribution < -0.4 is 10.6 Å². The zero-order chi connectivity index (χ0) is 14.4. The molecule has 1 aromatic carbocycles. The summed E-state index contributed by atoms with van der Waals surface area (Å²) in [5.74, 6) is 1.92.